The van der Waals surface area contributed by atoms with Crippen molar-refractivity contribution in [3.8, 4) is 0 Å². The Morgan fingerprint density at radius 1 is 1.07 bits per heavy atom. The maximum atomic E-state index is 12.7. The molecule has 0 aliphatic carbocycles. The summed E-state index contributed by atoms with van der Waals surface area (Å²) < 4.78 is 0. The first-order chi connectivity index (χ1) is 13.6. The standard InChI is InChI=1S/C24H26N2OS/c1-17-9-10-20(14-18(17)2)24(27)25-15-22(23-8-5-13-28-23)26-12-11-19-6-3-4-7-21(19)16-26/h3-10,13-14,22H,11-12,15-16H2,1-2H3,(H,25,27)/t22-/m1/s1. The van der Waals surface area contributed by atoms with Gasteiger partial charge in [-0.25, -0.2) is 0 Å². The van der Waals surface area contributed by atoms with Gasteiger partial charge in [0, 0.05) is 30.1 Å². The van der Waals surface area contributed by atoms with Crippen molar-refractivity contribution in [2.24, 2.45) is 0 Å². The third-order valence-corrected chi connectivity index (χ3v) is 6.67. The van der Waals surface area contributed by atoms with Crippen molar-refractivity contribution >= 4 is 17.2 Å². The molecule has 144 valence electrons. The molecule has 0 radical (unpaired) electrons. The normalized spacial score (nSPS) is 15.1. The fourth-order valence-corrected chi connectivity index (χ4v) is 4.71. The monoisotopic (exact) mass is 390 g/mol. The molecule has 2 aromatic carbocycles. The molecule has 2 heterocycles. The molecular weight excluding hydrogens is 364 g/mol. The van der Waals surface area contributed by atoms with Crippen molar-refractivity contribution in [1.29, 1.82) is 0 Å². The van der Waals surface area contributed by atoms with Gasteiger partial charge in [-0.1, -0.05) is 36.4 Å². The molecule has 3 aromatic rings. The van der Waals surface area contributed by atoms with Crippen LogP contribution in [0.4, 0.5) is 0 Å². The van der Waals surface area contributed by atoms with Crippen molar-refractivity contribution < 1.29 is 4.79 Å². The van der Waals surface area contributed by atoms with Crippen molar-refractivity contribution in [2.45, 2.75) is 32.9 Å². The van der Waals surface area contributed by atoms with Crippen molar-refractivity contribution in [1.82, 2.24) is 10.2 Å². The van der Waals surface area contributed by atoms with Gasteiger partial charge in [-0.05, 0) is 66.1 Å². The molecule has 1 aromatic heterocycles. The molecule has 1 atom stereocenters. The van der Waals surface area contributed by atoms with Crippen LogP contribution in [0, 0.1) is 13.8 Å². The summed E-state index contributed by atoms with van der Waals surface area (Å²) in [5.41, 5.74) is 5.94. The third kappa shape index (κ3) is 4.03. The quantitative estimate of drug-likeness (QED) is 0.672. The van der Waals surface area contributed by atoms with E-state index in [1.165, 1.54) is 21.6 Å². The smallest absolute Gasteiger partial charge is 0.251 e. The highest BCUT2D eigenvalue weighted by molar-refractivity contribution is 7.10. The molecule has 0 spiro atoms. The average molecular weight is 391 g/mol. The summed E-state index contributed by atoms with van der Waals surface area (Å²) in [4.78, 5) is 16.5. The Hall–Kier alpha value is -2.43. The second-order valence-electron chi connectivity index (χ2n) is 7.53. The van der Waals surface area contributed by atoms with E-state index in [2.05, 4.69) is 58.9 Å². The third-order valence-electron chi connectivity index (χ3n) is 5.70. The van der Waals surface area contributed by atoms with Crippen LogP contribution < -0.4 is 5.32 Å². The van der Waals surface area contributed by atoms with Crippen LogP contribution in [0.25, 0.3) is 0 Å². The van der Waals surface area contributed by atoms with E-state index in [0.717, 1.165) is 30.6 Å². The number of aryl methyl sites for hydroxylation is 2. The van der Waals surface area contributed by atoms with Crippen LogP contribution in [0.5, 0.6) is 0 Å². The van der Waals surface area contributed by atoms with Gasteiger partial charge in [0.15, 0.2) is 0 Å². The Morgan fingerprint density at radius 3 is 2.64 bits per heavy atom. The van der Waals surface area contributed by atoms with E-state index in [4.69, 9.17) is 0 Å². The molecule has 0 bridgehead atoms. The van der Waals surface area contributed by atoms with Crippen LogP contribution in [0.3, 0.4) is 0 Å². The number of rotatable bonds is 5. The molecule has 4 rings (SSSR count). The molecule has 3 nitrogen and oxygen atoms in total. The van der Waals surface area contributed by atoms with E-state index in [1.54, 1.807) is 11.3 Å². The minimum Gasteiger partial charge on any atom is -0.350 e. The number of thiophene rings is 1. The number of nitrogens with zero attached hydrogens (tertiary/aromatic N) is 1. The predicted octanol–water partition coefficient (Wildman–Crippen LogP) is 4.89. The van der Waals surface area contributed by atoms with Gasteiger partial charge in [0.05, 0.1) is 6.04 Å². The summed E-state index contributed by atoms with van der Waals surface area (Å²) in [5, 5.41) is 5.30. The highest BCUT2D eigenvalue weighted by Gasteiger charge is 2.26. The van der Waals surface area contributed by atoms with Gasteiger partial charge in [-0.15, -0.1) is 11.3 Å². The number of amides is 1. The van der Waals surface area contributed by atoms with Crippen LogP contribution in [0.15, 0.2) is 60.0 Å². The lowest BCUT2D eigenvalue weighted by atomic mass is 9.98. The van der Waals surface area contributed by atoms with Crippen LogP contribution in [0.2, 0.25) is 0 Å². The summed E-state index contributed by atoms with van der Waals surface area (Å²) in [6.45, 7) is 6.68. The highest BCUT2D eigenvalue weighted by atomic mass is 32.1. The average Bonchev–Trinajstić information content (AvgIpc) is 3.24. The second-order valence-corrected chi connectivity index (χ2v) is 8.51. The van der Waals surface area contributed by atoms with Crippen LogP contribution in [0.1, 0.15) is 43.5 Å². The fraction of sp³-hybridized carbons (Fsp3) is 0.292. The lowest BCUT2D eigenvalue weighted by molar-refractivity contribution is 0.0928. The number of carbonyl (C=O) groups excluding carboxylic acids is 1. The maximum Gasteiger partial charge on any atom is 0.251 e. The minimum absolute atomic E-state index is 0.00191. The first-order valence-corrected chi connectivity index (χ1v) is 10.7. The molecule has 1 aliphatic heterocycles. The lowest BCUT2D eigenvalue weighted by Crippen LogP contribution is -2.40. The second kappa shape index (κ2) is 8.29. The summed E-state index contributed by atoms with van der Waals surface area (Å²) in [6.07, 6.45) is 1.06. The van der Waals surface area contributed by atoms with E-state index in [1.807, 2.05) is 25.1 Å². The molecular formula is C24H26N2OS. The Balaban J connectivity index is 1.50. The molecule has 1 N–H and O–H groups in total. The van der Waals surface area contributed by atoms with Gasteiger partial charge in [0.1, 0.15) is 0 Å². The Morgan fingerprint density at radius 2 is 1.89 bits per heavy atom. The van der Waals surface area contributed by atoms with E-state index < -0.39 is 0 Å². The van der Waals surface area contributed by atoms with Crippen molar-refractivity contribution in [2.75, 3.05) is 13.1 Å². The van der Waals surface area contributed by atoms with Gasteiger partial charge in [-0.2, -0.15) is 0 Å². The number of hydrogen-bond acceptors (Lipinski definition) is 3. The number of carbonyl (C=O) groups is 1. The molecule has 1 aliphatic rings. The number of fused-ring (bicyclic) bond motifs is 1. The van der Waals surface area contributed by atoms with Crippen molar-refractivity contribution in [3.63, 3.8) is 0 Å². The maximum absolute atomic E-state index is 12.7. The van der Waals surface area contributed by atoms with E-state index in [9.17, 15) is 4.79 Å². The van der Waals surface area contributed by atoms with Crippen LogP contribution in [-0.4, -0.2) is 23.9 Å². The number of nitrogens with one attached hydrogen (secondary N) is 1. The van der Waals surface area contributed by atoms with Crippen molar-refractivity contribution in [3.05, 3.63) is 92.7 Å². The summed E-state index contributed by atoms with van der Waals surface area (Å²) >= 11 is 1.76. The molecule has 4 heteroatoms. The summed E-state index contributed by atoms with van der Waals surface area (Å²) in [7, 11) is 0. The van der Waals surface area contributed by atoms with Gasteiger partial charge in [-0.3, -0.25) is 9.69 Å². The molecule has 1 amide bonds. The van der Waals surface area contributed by atoms with E-state index in [-0.39, 0.29) is 11.9 Å². The van der Waals surface area contributed by atoms with Crippen LogP contribution in [-0.2, 0) is 13.0 Å². The molecule has 0 unspecified atom stereocenters. The van der Waals surface area contributed by atoms with Gasteiger partial charge in [0.2, 0.25) is 0 Å². The highest BCUT2D eigenvalue weighted by Crippen LogP contribution is 2.30. The Bertz CT molecular complexity index is 964. The largest absolute Gasteiger partial charge is 0.350 e. The summed E-state index contributed by atoms with van der Waals surface area (Å²) in [5.74, 6) is 0.00191. The first-order valence-electron chi connectivity index (χ1n) is 9.81. The zero-order valence-electron chi connectivity index (χ0n) is 16.4. The SMILES string of the molecule is Cc1ccc(C(=O)NC[C@H](c2cccs2)N2CCc3ccccc3C2)cc1C. The molecule has 28 heavy (non-hydrogen) atoms. The Labute approximate surface area is 171 Å². The van der Waals surface area contributed by atoms with Crippen LogP contribution >= 0.6 is 11.3 Å². The first kappa shape index (κ1) is 18.9. The van der Waals surface area contributed by atoms with Gasteiger partial charge >= 0.3 is 0 Å². The topological polar surface area (TPSA) is 32.3 Å². The summed E-state index contributed by atoms with van der Waals surface area (Å²) in [6, 6.07) is 19.1. The molecule has 0 fully saturated rings. The Kier molecular flexibility index (Phi) is 5.60. The molecule has 0 saturated carbocycles. The number of benzene rings is 2. The van der Waals surface area contributed by atoms with Gasteiger partial charge in [0.25, 0.3) is 5.91 Å². The fourth-order valence-electron chi connectivity index (χ4n) is 3.85. The van der Waals surface area contributed by atoms with E-state index in [0.29, 0.717) is 6.54 Å². The molecule has 0 saturated heterocycles. The van der Waals surface area contributed by atoms with Gasteiger partial charge < -0.3 is 5.32 Å². The lowest BCUT2D eigenvalue weighted by Gasteiger charge is -2.35. The zero-order valence-corrected chi connectivity index (χ0v) is 17.3. The van der Waals surface area contributed by atoms with E-state index >= 15 is 0 Å². The predicted molar refractivity (Wildman–Crippen MR) is 116 cm³/mol. The number of hydrogen-bond donors (Lipinski definition) is 1. The zero-order chi connectivity index (χ0) is 19.5. The minimum atomic E-state index is 0.00191.